The second-order valence-corrected chi connectivity index (χ2v) is 5.74. The second-order valence-electron chi connectivity index (χ2n) is 4.84. The number of thiazole rings is 1. The highest BCUT2D eigenvalue weighted by molar-refractivity contribution is 7.11. The van der Waals surface area contributed by atoms with Crippen LogP contribution in [-0.2, 0) is 0 Å². The SMILES string of the molecule is O=C(c1nccs1)c1cccnc1N1CCNC[C@H](O)C1. The Hall–Kier alpha value is -1.83. The lowest BCUT2D eigenvalue weighted by Gasteiger charge is -2.24. The van der Waals surface area contributed by atoms with Gasteiger partial charge in [0.2, 0.25) is 5.78 Å². The standard InChI is InChI=1S/C14H16N4O2S/c19-10-8-15-4-6-18(9-10)13-11(2-1-3-16-13)12(20)14-17-5-7-21-14/h1-3,5,7,10,15,19H,4,6,8-9H2/t10-/m0/s1. The normalized spacial score (nSPS) is 19.3. The summed E-state index contributed by atoms with van der Waals surface area (Å²) in [5.74, 6) is 0.486. The molecule has 0 bridgehead atoms. The molecule has 0 saturated carbocycles. The number of aliphatic hydroxyl groups is 1. The molecule has 7 heteroatoms. The van der Waals surface area contributed by atoms with Gasteiger partial charge < -0.3 is 15.3 Å². The number of ketones is 1. The lowest BCUT2D eigenvalue weighted by molar-refractivity contribution is 0.103. The van der Waals surface area contributed by atoms with Crippen LogP contribution in [0, 0.1) is 0 Å². The van der Waals surface area contributed by atoms with Crippen LogP contribution < -0.4 is 10.2 Å². The summed E-state index contributed by atoms with van der Waals surface area (Å²) in [5.41, 5.74) is 0.529. The molecule has 2 aromatic heterocycles. The van der Waals surface area contributed by atoms with E-state index in [0.717, 1.165) is 6.54 Å². The van der Waals surface area contributed by atoms with E-state index in [1.165, 1.54) is 11.3 Å². The van der Waals surface area contributed by atoms with Crippen molar-refractivity contribution in [2.45, 2.75) is 6.10 Å². The predicted molar refractivity (Wildman–Crippen MR) is 80.9 cm³/mol. The molecule has 1 fully saturated rings. The number of nitrogens with one attached hydrogen (secondary N) is 1. The molecule has 0 unspecified atom stereocenters. The fourth-order valence-electron chi connectivity index (χ4n) is 2.36. The summed E-state index contributed by atoms with van der Waals surface area (Å²) in [5, 5.41) is 15.3. The number of nitrogens with zero attached hydrogens (tertiary/aromatic N) is 3. The molecule has 1 atom stereocenters. The van der Waals surface area contributed by atoms with Gasteiger partial charge in [-0.15, -0.1) is 11.3 Å². The van der Waals surface area contributed by atoms with Crippen LogP contribution in [0.4, 0.5) is 5.82 Å². The highest BCUT2D eigenvalue weighted by Crippen LogP contribution is 2.22. The van der Waals surface area contributed by atoms with Crippen molar-refractivity contribution in [3.63, 3.8) is 0 Å². The van der Waals surface area contributed by atoms with Crippen LogP contribution in [0.2, 0.25) is 0 Å². The molecule has 1 aliphatic heterocycles. The number of rotatable bonds is 3. The summed E-state index contributed by atoms with van der Waals surface area (Å²) >= 11 is 1.32. The third-order valence-corrected chi connectivity index (χ3v) is 4.10. The Labute approximate surface area is 126 Å². The molecule has 3 rings (SSSR count). The van der Waals surface area contributed by atoms with Crippen molar-refractivity contribution in [2.75, 3.05) is 31.1 Å². The molecule has 0 radical (unpaired) electrons. The summed E-state index contributed by atoms with van der Waals surface area (Å²) in [6.07, 6.45) is 2.81. The molecule has 2 N–H and O–H groups in total. The van der Waals surface area contributed by atoms with Gasteiger partial charge in [-0.3, -0.25) is 4.79 Å². The van der Waals surface area contributed by atoms with E-state index in [1.807, 2.05) is 4.90 Å². The van der Waals surface area contributed by atoms with Gasteiger partial charge in [0.25, 0.3) is 0 Å². The summed E-state index contributed by atoms with van der Waals surface area (Å²) in [4.78, 5) is 22.9. The Morgan fingerprint density at radius 1 is 1.43 bits per heavy atom. The lowest BCUT2D eigenvalue weighted by atomic mass is 10.1. The maximum Gasteiger partial charge on any atom is 0.225 e. The van der Waals surface area contributed by atoms with Gasteiger partial charge in [0, 0.05) is 44.0 Å². The minimum Gasteiger partial charge on any atom is -0.390 e. The summed E-state index contributed by atoms with van der Waals surface area (Å²) in [7, 11) is 0. The molecule has 1 aliphatic rings. The number of pyridine rings is 1. The largest absolute Gasteiger partial charge is 0.390 e. The number of aromatic nitrogens is 2. The van der Waals surface area contributed by atoms with E-state index in [0.29, 0.717) is 36.0 Å². The van der Waals surface area contributed by atoms with E-state index >= 15 is 0 Å². The van der Waals surface area contributed by atoms with Crippen LogP contribution in [0.15, 0.2) is 29.9 Å². The molecule has 6 nitrogen and oxygen atoms in total. The maximum atomic E-state index is 12.5. The summed E-state index contributed by atoms with van der Waals surface area (Å²) < 4.78 is 0. The number of hydrogen-bond acceptors (Lipinski definition) is 7. The Morgan fingerprint density at radius 2 is 2.33 bits per heavy atom. The molecule has 2 aromatic rings. The van der Waals surface area contributed by atoms with Crippen molar-refractivity contribution < 1.29 is 9.90 Å². The zero-order valence-corrected chi connectivity index (χ0v) is 12.2. The molecule has 110 valence electrons. The van der Waals surface area contributed by atoms with Crippen molar-refractivity contribution in [3.8, 4) is 0 Å². The first-order valence-corrected chi connectivity index (χ1v) is 7.66. The van der Waals surface area contributed by atoms with Crippen molar-refractivity contribution in [1.82, 2.24) is 15.3 Å². The molecule has 3 heterocycles. The van der Waals surface area contributed by atoms with Gasteiger partial charge in [-0.25, -0.2) is 9.97 Å². The van der Waals surface area contributed by atoms with Crippen molar-refractivity contribution in [1.29, 1.82) is 0 Å². The molecule has 0 spiro atoms. The van der Waals surface area contributed by atoms with E-state index in [9.17, 15) is 9.90 Å². The van der Waals surface area contributed by atoms with Crippen LogP contribution in [0.5, 0.6) is 0 Å². The number of anilines is 1. The second kappa shape index (κ2) is 6.30. The highest BCUT2D eigenvalue weighted by atomic mass is 32.1. The first kappa shape index (κ1) is 14.1. The van der Waals surface area contributed by atoms with Crippen LogP contribution in [0.1, 0.15) is 15.4 Å². The fourth-order valence-corrected chi connectivity index (χ4v) is 2.95. The Morgan fingerprint density at radius 3 is 3.14 bits per heavy atom. The number of carbonyl (C=O) groups is 1. The molecule has 1 saturated heterocycles. The van der Waals surface area contributed by atoms with E-state index < -0.39 is 6.10 Å². The topological polar surface area (TPSA) is 78.4 Å². The lowest BCUT2D eigenvalue weighted by Crippen LogP contribution is -2.34. The van der Waals surface area contributed by atoms with Crippen molar-refractivity contribution in [2.24, 2.45) is 0 Å². The number of hydrogen-bond donors (Lipinski definition) is 2. The zero-order chi connectivity index (χ0) is 14.7. The summed E-state index contributed by atoms with van der Waals surface area (Å²) in [6.45, 7) is 2.46. The molecule has 21 heavy (non-hydrogen) atoms. The van der Waals surface area contributed by atoms with Gasteiger partial charge in [-0.05, 0) is 12.1 Å². The molecule has 0 amide bonds. The number of aliphatic hydroxyl groups excluding tert-OH is 1. The summed E-state index contributed by atoms with van der Waals surface area (Å²) in [6, 6.07) is 3.51. The van der Waals surface area contributed by atoms with E-state index in [2.05, 4.69) is 15.3 Å². The van der Waals surface area contributed by atoms with E-state index in [4.69, 9.17) is 0 Å². The molecular weight excluding hydrogens is 288 g/mol. The number of β-amino-alcohol motifs (C(OH)–C–C–N with tert-alkyl or cyclic N) is 1. The van der Waals surface area contributed by atoms with E-state index in [-0.39, 0.29) is 5.78 Å². The predicted octanol–water partition coefficient (Wildman–Crippen LogP) is 0.540. The average molecular weight is 304 g/mol. The van der Waals surface area contributed by atoms with Crippen molar-refractivity contribution in [3.05, 3.63) is 40.5 Å². The minimum atomic E-state index is -0.475. The number of carbonyl (C=O) groups excluding carboxylic acids is 1. The third-order valence-electron chi connectivity index (χ3n) is 3.33. The van der Waals surface area contributed by atoms with Crippen LogP contribution >= 0.6 is 11.3 Å². The monoisotopic (exact) mass is 304 g/mol. The molecule has 0 aliphatic carbocycles. The molecular formula is C14H16N4O2S. The van der Waals surface area contributed by atoms with Crippen molar-refractivity contribution >= 4 is 22.9 Å². The smallest absolute Gasteiger partial charge is 0.225 e. The fraction of sp³-hybridized carbons (Fsp3) is 0.357. The van der Waals surface area contributed by atoms with Gasteiger partial charge >= 0.3 is 0 Å². The Kier molecular flexibility index (Phi) is 4.23. The van der Waals surface area contributed by atoms with Crippen LogP contribution in [-0.4, -0.2) is 53.1 Å². The van der Waals surface area contributed by atoms with Gasteiger partial charge in [0.1, 0.15) is 5.82 Å². The third kappa shape index (κ3) is 3.10. The van der Waals surface area contributed by atoms with Gasteiger partial charge in [0.15, 0.2) is 5.01 Å². The highest BCUT2D eigenvalue weighted by Gasteiger charge is 2.23. The molecule has 0 aromatic carbocycles. The van der Waals surface area contributed by atoms with E-state index in [1.54, 1.807) is 29.9 Å². The van der Waals surface area contributed by atoms with Gasteiger partial charge in [-0.1, -0.05) is 0 Å². The average Bonchev–Trinajstić information content (AvgIpc) is 2.95. The van der Waals surface area contributed by atoms with Crippen LogP contribution in [0.25, 0.3) is 0 Å². The Bertz CT molecular complexity index is 617. The zero-order valence-electron chi connectivity index (χ0n) is 11.4. The van der Waals surface area contributed by atoms with Crippen LogP contribution in [0.3, 0.4) is 0 Å². The Balaban J connectivity index is 1.93. The maximum absolute atomic E-state index is 12.5. The van der Waals surface area contributed by atoms with Gasteiger partial charge in [0.05, 0.1) is 11.7 Å². The first-order chi connectivity index (χ1) is 10.3. The van der Waals surface area contributed by atoms with Gasteiger partial charge in [-0.2, -0.15) is 0 Å². The quantitative estimate of drug-likeness (QED) is 0.806. The minimum absolute atomic E-state index is 0.125. The first-order valence-electron chi connectivity index (χ1n) is 6.78.